The van der Waals surface area contributed by atoms with E-state index in [0.29, 0.717) is 17.9 Å². The number of hydrogen-bond acceptors (Lipinski definition) is 3. The van der Waals surface area contributed by atoms with Crippen LogP contribution >= 0.6 is 15.9 Å². The van der Waals surface area contributed by atoms with E-state index in [1.54, 1.807) is 24.7 Å². The van der Waals surface area contributed by atoms with Gasteiger partial charge in [-0.1, -0.05) is 15.9 Å². The van der Waals surface area contributed by atoms with E-state index in [-0.39, 0.29) is 5.82 Å². The van der Waals surface area contributed by atoms with E-state index in [9.17, 15) is 4.39 Å². The first-order valence-electron chi connectivity index (χ1n) is 5.81. The number of halogens is 2. The van der Waals surface area contributed by atoms with Crippen LogP contribution < -0.4 is 5.73 Å². The summed E-state index contributed by atoms with van der Waals surface area (Å²) in [5.74, 6) is 0.0939. The highest BCUT2D eigenvalue weighted by Gasteiger charge is 2.34. The molecule has 98 valence electrons. The van der Waals surface area contributed by atoms with Crippen molar-refractivity contribution in [2.24, 2.45) is 10.7 Å². The molecule has 1 atom stereocenters. The first kappa shape index (κ1) is 12.3. The monoisotopic (exact) mass is 322 g/mol. The molecule has 0 saturated carbocycles. The number of benzene rings is 1. The lowest BCUT2D eigenvalue weighted by atomic mass is 9.90. The Labute approximate surface area is 118 Å². The minimum atomic E-state index is -0.731. The number of amidine groups is 1. The van der Waals surface area contributed by atoms with Crippen LogP contribution in [0.25, 0.3) is 0 Å². The highest BCUT2D eigenvalue weighted by atomic mass is 79.9. The quantitative estimate of drug-likeness (QED) is 0.876. The second-order valence-electron chi connectivity index (χ2n) is 4.80. The largest absolute Gasteiger partial charge is 0.382 e. The lowest BCUT2D eigenvalue weighted by molar-refractivity contribution is 0.384. The zero-order valence-corrected chi connectivity index (χ0v) is 11.9. The molecule has 1 aromatic heterocycles. The van der Waals surface area contributed by atoms with Gasteiger partial charge in [0.2, 0.25) is 0 Å². The molecule has 0 bridgehead atoms. The van der Waals surface area contributed by atoms with E-state index in [4.69, 9.17) is 5.73 Å². The van der Waals surface area contributed by atoms with Gasteiger partial charge in [-0.05, 0) is 25.1 Å². The second kappa shape index (κ2) is 4.16. The van der Waals surface area contributed by atoms with E-state index in [1.165, 1.54) is 6.07 Å². The van der Waals surface area contributed by atoms with Crippen molar-refractivity contribution in [1.29, 1.82) is 0 Å². The standard InChI is InChI=1S/C13H12BrFN4/c1-13(9-4-8(14)2-3-10(9)15)6-19-7-17-5-11(19)12(16)18-13/h2-5,7H,6H2,1H3,(H2,16,18)/t13-/m0/s1. The van der Waals surface area contributed by atoms with E-state index in [2.05, 4.69) is 25.9 Å². The number of nitrogens with zero attached hydrogens (tertiary/aromatic N) is 3. The Balaban J connectivity index is 2.15. The SMILES string of the molecule is C[C@@]1(c2cc(Br)ccc2F)Cn2cncc2C(N)=N1. The van der Waals surface area contributed by atoms with Gasteiger partial charge in [0.25, 0.3) is 0 Å². The summed E-state index contributed by atoms with van der Waals surface area (Å²) in [7, 11) is 0. The molecule has 4 nitrogen and oxygen atoms in total. The van der Waals surface area contributed by atoms with Gasteiger partial charge in [0.1, 0.15) is 22.9 Å². The number of rotatable bonds is 1. The fourth-order valence-corrected chi connectivity index (χ4v) is 2.77. The summed E-state index contributed by atoms with van der Waals surface area (Å²) in [5, 5.41) is 0. The number of fused-ring (bicyclic) bond motifs is 1. The summed E-state index contributed by atoms with van der Waals surface area (Å²) in [6, 6.07) is 4.84. The van der Waals surface area contributed by atoms with Crippen LogP contribution in [-0.2, 0) is 12.1 Å². The molecule has 2 aromatic rings. The summed E-state index contributed by atoms with van der Waals surface area (Å²) in [5.41, 5.74) is 6.51. The van der Waals surface area contributed by atoms with E-state index >= 15 is 0 Å². The Morgan fingerprint density at radius 3 is 3.05 bits per heavy atom. The lowest BCUT2D eigenvalue weighted by Gasteiger charge is -2.31. The summed E-state index contributed by atoms with van der Waals surface area (Å²) in [6.07, 6.45) is 3.35. The summed E-state index contributed by atoms with van der Waals surface area (Å²) in [6.45, 7) is 2.38. The molecule has 3 rings (SSSR count). The number of hydrogen-bond donors (Lipinski definition) is 1. The molecule has 0 radical (unpaired) electrons. The van der Waals surface area contributed by atoms with Crippen LogP contribution in [0.5, 0.6) is 0 Å². The van der Waals surface area contributed by atoms with Gasteiger partial charge in [-0.15, -0.1) is 0 Å². The Hall–Kier alpha value is -1.69. The van der Waals surface area contributed by atoms with Crippen molar-refractivity contribution in [1.82, 2.24) is 9.55 Å². The molecule has 19 heavy (non-hydrogen) atoms. The molecule has 0 unspecified atom stereocenters. The zero-order chi connectivity index (χ0) is 13.6. The third-order valence-electron chi connectivity index (χ3n) is 3.33. The van der Waals surface area contributed by atoms with Gasteiger partial charge in [-0.25, -0.2) is 9.37 Å². The fourth-order valence-electron chi connectivity index (χ4n) is 2.41. The van der Waals surface area contributed by atoms with Gasteiger partial charge in [-0.2, -0.15) is 0 Å². The molecule has 0 aliphatic carbocycles. The molecule has 1 aromatic carbocycles. The maximum Gasteiger partial charge on any atom is 0.145 e. The summed E-state index contributed by atoms with van der Waals surface area (Å²) >= 11 is 3.36. The first-order valence-corrected chi connectivity index (χ1v) is 6.60. The van der Waals surface area contributed by atoms with Crippen LogP contribution in [0.3, 0.4) is 0 Å². The number of imidazole rings is 1. The Bertz CT molecular complexity index is 679. The smallest absolute Gasteiger partial charge is 0.145 e. The van der Waals surface area contributed by atoms with E-state index in [0.717, 1.165) is 10.2 Å². The Kier molecular flexibility index (Phi) is 2.70. The van der Waals surface area contributed by atoms with Crippen LogP contribution in [0.2, 0.25) is 0 Å². The van der Waals surface area contributed by atoms with Crippen molar-refractivity contribution in [2.75, 3.05) is 0 Å². The molecule has 1 aliphatic heterocycles. The van der Waals surface area contributed by atoms with Crippen molar-refractivity contribution in [2.45, 2.75) is 19.0 Å². The number of aliphatic imine (C=N–C) groups is 1. The molecular formula is C13H12BrFN4. The van der Waals surface area contributed by atoms with E-state index in [1.807, 2.05) is 11.5 Å². The van der Waals surface area contributed by atoms with Crippen LogP contribution in [0, 0.1) is 5.82 Å². The normalized spacial score (nSPS) is 21.9. The van der Waals surface area contributed by atoms with Crippen molar-refractivity contribution < 1.29 is 4.39 Å². The predicted octanol–water partition coefficient (Wildman–Crippen LogP) is 2.42. The topological polar surface area (TPSA) is 56.2 Å². The van der Waals surface area contributed by atoms with Gasteiger partial charge in [-0.3, -0.25) is 4.99 Å². The third-order valence-corrected chi connectivity index (χ3v) is 3.82. The van der Waals surface area contributed by atoms with Gasteiger partial charge < -0.3 is 10.3 Å². The predicted molar refractivity (Wildman–Crippen MR) is 74.4 cm³/mol. The van der Waals surface area contributed by atoms with Crippen molar-refractivity contribution in [3.63, 3.8) is 0 Å². The minimum Gasteiger partial charge on any atom is -0.382 e. The lowest BCUT2D eigenvalue weighted by Crippen LogP contribution is -2.37. The molecule has 0 spiro atoms. The highest BCUT2D eigenvalue weighted by Crippen LogP contribution is 2.34. The Morgan fingerprint density at radius 2 is 2.26 bits per heavy atom. The Morgan fingerprint density at radius 1 is 1.47 bits per heavy atom. The number of nitrogens with two attached hydrogens (primary N) is 1. The van der Waals surface area contributed by atoms with Crippen LogP contribution in [-0.4, -0.2) is 15.4 Å². The van der Waals surface area contributed by atoms with Crippen LogP contribution in [0.1, 0.15) is 18.2 Å². The van der Waals surface area contributed by atoms with Gasteiger partial charge in [0.15, 0.2) is 0 Å². The average Bonchev–Trinajstić information content (AvgIpc) is 2.80. The molecule has 2 heterocycles. The summed E-state index contributed by atoms with van der Waals surface area (Å²) in [4.78, 5) is 8.53. The molecule has 2 N–H and O–H groups in total. The third kappa shape index (κ3) is 1.96. The molecule has 0 fully saturated rings. The summed E-state index contributed by atoms with van der Waals surface area (Å²) < 4.78 is 16.8. The van der Waals surface area contributed by atoms with Crippen LogP contribution in [0.4, 0.5) is 4.39 Å². The van der Waals surface area contributed by atoms with Crippen molar-refractivity contribution in [3.05, 3.63) is 52.3 Å². The molecular weight excluding hydrogens is 311 g/mol. The van der Waals surface area contributed by atoms with Gasteiger partial charge >= 0.3 is 0 Å². The molecule has 0 saturated heterocycles. The van der Waals surface area contributed by atoms with Gasteiger partial charge in [0, 0.05) is 10.0 Å². The molecule has 0 amide bonds. The fraction of sp³-hybridized carbons (Fsp3) is 0.231. The van der Waals surface area contributed by atoms with Crippen molar-refractivity contribution in [3.8, 4) is 0 Å². The average molecular weight is 323 g/mol. The highest BCUT2D eigenvalue weighted by molar-refractivity contribution is 9.10. The maximum absolute atomic E-state index is 14.1. The first-order chi connectivity index (χ1) is 8.99. The van der Waals surface area contributed by atoms with Crippen LogP contribution in [0.15, 0.2) is 40.2 Å². The van der Waals surface area contributed by atoms with Gasteiger partial charge in [0.05, 0.1) is 19.1 Å². The van der Waals surface area contributed by atoms with Crippen molar-refractivity contribution >= 4 is 21.8 Å². The van der Waals surface area contributed by atoms with E-state index < -0.39 is 5.54 Å². The molecule has 1 aliphatic rings. The molecule has 6 heteroatoms. The second-order valence-corrected chi connectivity index (χ2v) is 5.72. The zero-order valence-electron chi connectivity index (χ0n) is 10.3. The minimum absolute atomic E-state index is 0.286. The number of aromatic nitrogens is 2. The maximum atomic E-state index is 14.1.